The van der Waals surface area contributed by atoms with Gasteiger partial charge >= 0.3 is 0 Å². The number of nitrogens with one attached hydrogen (secondary N) is 3. The van der Waals surface area contributed by atoms with E-state index in [0.29, 0.717) is 72.0 Å². The van der Waals surface area contributed by atoms with E-state index in [1.165, 1.54) is 12.1 Å². The Balaban J connectivity index is 1.10. The fourth-order valence-electron chi connectivity index (χ4n) is 5.38. The summed E-state index contributed by atoms with van der Waals surface area (Å²) in [5, 5.41) is 72.5. The minimum Gasteiger partial charge on any atom is -0.507 e. The lowest BCUT2D eigenvalue weighted by molar-refractivity contribution is -0.121. The molecule has 2 amide bonds. The molecule has 0 radical (unpaired) electrons. The summed E-state index contributed by atoms with van der Waals surface area (Å²) in [5.41, 5.74) is 1.55. The quantitative estimate of drug-likeness (QED) is 0.0676. The monoisotopic (exact) mass is 643 g/mol. The predicted octanol–water partition coefficient (Wildman–Crippen LogP) is 4.95. The number of carbonyl (C=O) groups excluding carboxylic acids is 2. The van der Waals surface area contributed by atoms with Crippen LogP contribution in [-0.2, 0) is 9.59 Å². The molecule has 0 saturated carbocycles. The first-order valence-corrected chi connectivity index (χ1v) is 15.4. The Morgan fingerprint density at radius 2 is 1.00 bits per heavy atom. The minimum absolute atomic E-state index is 0.0414. The van der Waals surface area contributed by atoms with Crippen molar-refractivity contribution in [2.75, 3.05) is 26.2 Å². The van der Waals surface area contributed by atoms with Crippen LogP contribution in [0.5, 0.6) is 34.5 Å². The molecule has 9 N–H and O–H groups in total. The van der Waals surface area contributed by atoms with Crippen LogP contribution in [0.25, 0.3) is 33.7 Å². The number of phenols is 6. The van der Waals surface area contributed by atoms with Crippen LogP contribution in [0.3, 0.4) is 0 Å². The highest BCUT2D eigenvalue weighted by molar-refractivity contribution is 6.02. The third-order valence-corrected chi connectivity index (χ3v) is 7.98. The van der Waals surface area contributed by atoms with Crippen molar-refractivity contribution in [3.8, 4) is 34.5 Å². The van der Waals surface area contributed by atoms with Crippen molar-refractivity contribution >= 4 is 45.5 Å². The molecular formula is C36H41N3O8. The number of aromatic hydroxyl groups is 6. The first kappa shape index (κ1) is 34.5. The van der Waals surface area contributed by atoms with Gasteiger partial charge in [-0.25, -0.2) is 0 Å². The number of carbonyl (C=O) groups is 2. The van der Waals surface area contributed by atoms with Gasteiger partial charge in [-0.15, -0.1) is 0 Å². The molecule has 0 heterocycles. The van der Waals surface area contributed by atoms with Crippen molar-refractivity contribution in [1.29, 1.82) is 0 Å². The molecule has 0 aromatic heterocycles. The molecule has 0 fully saturated rings. The first-order valence-electron chi connectivity index (χ1n) is 15.4. The van der Waals surface area contributed by atoms with E-state index in [9.17, 15) is 40.2 Å². The molecule has 0 aliphatic heterocycles. The smallest absolute Gasteiger partial charge is 0.223 e. The lowest BCUT2D eigenvalue weighted by Gasteiger charge is -2.12. The summed E-state index contributed by atoms with van der Waals surface area (Å²) in [6.07, 6.45) is 7.87. The molecular weight excluding hydrogens is 602 g/mol. The summed E-state index contributed by atoms with van der Waals surface area (Å²) >= 11 is 0. The van der Waals surface area contributed by atoms with Gasteiger partial charge in [-0.2, -0.15) is 0 Å². The lowest BCUT2D eigenvalue weighted by Crippen LogP contribution is -2.29. The van der Waals surface area contributed by atoms with Crippen molar-refractivity contribution in [3.05, 3.63) is 70.8 Å². The number of fused-ring (bicyclic) bond motifs is 2. The van der Waals surface area contributed by atoms with Crippen LogP contribution in [-0.4, -0.2) is 68.6 Å². The Morgan fingerprint density at radius 3 is 1.40 bits per heavy atom. The molecule has 0 bridgehead atoms. The van der Waals surface area contributed by atoms with Crippen LogP contribution in [0.2, 0.25) is 0 Å². The van der Waals surface area contributed by atoms with E-state index in [0.717, 1.165) is 0 Å². The normalized spacial score (nSPS) is 11.6. The lowest BCUT2D eigenvalue weighted by atomic mass is 9.97. The third-order valence-electron chi connectivity index (χ3n) is 7.98. The van der Waals surface area contributed by atoms with Crippen LogP contribution in [0.4, 0.5) is 0 Å². The number of amides is 2. The number of phenolic OH excluding ortho intramolecular Hbond substituents is 6. The van der Waals surface area contributed by atoms with E-state index in [4.69, 9.17) is 0 Å². The molecule has 4 rings (SSSR count). The zero-order valence-corrected chi connectivity index (χ0v) is 26.4. The predicted molar refractivity (Wildman–Crippen MR) is 183 cm³/mol. The molecule has 0 aliphatic rings. The number of hydrogen-bond donors (Lipinski definition) is 9. The molecule has 0 saturated heterocycles. The van der Waals surface area contributed by atoms with E-state index in [1.54, 1.807) is 62.4 Å². The molecule has 0 unspecified atom stereocenters. The average molecular weight is 644 g/mol. The standard InChI is InChI=1S/C36H41N3O8/c1-21-23(35(46)31-25(33(21)44)11-3-13-27(31)40)9-5-15-29(42)38-19-7-17-37-18-8-20-39-30(43)16-6-10-24-22(2)34(45)26-12-4-14-28(41)32(26)36(24)47/h3-6,9-14,37,40-41,44-47H,7-8,15-20H2,1-2H3,(H,38,42)(H,39,43)/b9-5+,10-6+. The third kappa shape index (κ3) is 8.06. The zero-order valence-electron chi connectivity index (χ0n) is 26.4. The van der Waals surface area contributed by atoms with Crippen molar-refractivity contribution < 1.29 is 40.2 Å². The van der Waals surface area contributed by atoms with E-state index < -0.39 is 0 Å². The highest BCUT2D eigenvalue weighted by Gasteiger charge is 2.18. The average Bonchev–Trinajstić information content (AvgIpc) is 3.04. The van der Waals surface area contributed by atoms with Gasteiger partial charge in [0.2, 0.25) is 11.8 Å². The summed E-state index contributed by atoms with van der Waals surface area (Å²) in [5.74, 6) is -1.08. The largest absolute Gasteiger partial charge is 0.507 e. The molecule has 4 aromatic carbocycles. The molecule has 11 heteroatoms. The van der Waals surface area contributed by atoms with Gasteiger partial charge in [0.1, 0.15) is 34.5 Å². The topological polar surface area (TPSA) is 192 Å². The Labute approximate surface area is 272 Å². The van der Waals surface area contributed by atoms with E-state index in [1.807, 2.05) is 0 Å². The Hall–Kier alpha value is -5.42. The van der Waals surface area contributed by atoms with E-state index >= 15 is 0 Å². The maximum Gasteiger partial charge on any atom is 0.223 e. The van der Waals surface area contributed by atoms with Crippen LogP contribution in [0, 0.1) is 13.8 Å². The Kier molecular flexibility index (Phi) is 11.5. The van der Waals surface area contributed by atoms with Gasteiger partial charge in [-0.3, -0.25) is 9.59 Å². The van der Waals surface area contributed by atoms with Gasteiger partial charge in [-0.1, -0.05) is 48.6 Å². The van der Waals surface area contributed by atoms with Gasteiger partial charge in [0.25, 0.3) is 0 Å². The fourth-order valence-corrected chi connectivity index (χ4v) is 5.38. The Morgan fingerprint density at radius 1 is 0.596 bits per heavy atom. The second kappa shape index (κ2) is 15.7. The van der Waals surface area contributed by atoms with Crippen LogP contribution >= 0.6 is 0 Å². The number of benzene rings is 4. The van der Waals surface area contributed by atoms with Gasteiger partial charge in [0.15, 0.2) is 0 Å². The summed E-state index contributed by atoms with van der Waals surface area (Å²) in [6.45, 7) is 5.61. The van der Waals surface area contributed by atoms with Crippen LogP contribution in [0.1, 0.15) is 47.9 Å². The van der Waals surface area contributed by atoms with E-state index in [2.05, 4.69) is 16.0 Å². The number of rotatable bonds is 14. The van der Waals surface area contributed by atoms with Gasteiger partial charge in [0, 0.05) is 59.0 Å². The summed E-state index contributed by atoms with van der Waals surface area (Å²) in [7, 11) is 0. The SMILES string of the molecule is Cc1c(/C=C/CC(=O)NCCCNCCCNC(=O)C/C=C/c2c(C)c(O)c3cccc(O)c3c2O)c(O)c2c(O)cccc2c1O. The maximum atomic E-state index is 12.2. The van der Waals surface area contributed by atoms with Gasteiger partial charge in [-0.05, 0) is 51.9 Å². The summed E-state index contributed by atoms with van der Waals surface area (Å²) < 4.78 is 0. The molecule has 0 atom stereocenters. The minimum atomic E-state index is -0.191. The zero-order chi connectivity index (χ0) is 34.1. The molecule has 0 spiro atoms. The van der Waals surface area contributed by atoms with E-state index in [-0.39, 0.29) is 69.9 Å². The van der Waals surface area contributed by atoms with Crippen LogP contribution < -0.4 is 16.0 Å². The van der Waals surface area contributed by atoms with Crippen LogP contribution in [0.15, 0.2) is 48.6 Å². The molecule has 248 valence electrons. The maximum absolute atomic E-state index is 12.2. The van der Waals surface area contributed by atoms with Crippen molar-refractivity contribution in [2.45, 2.75) is 39.5 Å². The summed E-state index contributed by atoms with van der Waals surface area (Å²) in [4.78, 5) is 24.5. The fraction of sp³-hybridized carbons (Fsp3) is 0.278. The number of hydrogen-bond acceptors (Lipinski definition) is 9. The molecule has 11 nitrogen and oxygen atoms in total. The highest BCUT2D eigenvalue weighted by Crippen LogP contribution is 2.44. The first-order chi connectivity index (χ1) is 22.5. The van der Waals surface area contributed by atoms with Gasteiger partial charge < -0.3 is 46.6 Å². The summed E-state index contributed by atoms with van der Waals surface area (Å²) in [6, 6.07) is 9.24. The van der Waals surface area contributed by atoms with Gasteiger partial charge in [0.05, 0.1) is 10.8 Å². The second-order valence-electron chi connectivity index (χ2n) is 11.2. The highest BCUT2D eigenvalue weighted by atomic mass is 16.3. The second-order valence-corrected chi connectivity index (χ2v) is 11.2. The van der Waals surface area contributed by atoms with Crippen molar-refractivity contribution in [1.82, 2.24) is 16.0 Å². The molecule has 0 aliphatic carbocycles. The Bertz CT molecular complexity index is 1720. The van der Waals surface area contributed by atoms with Crippen molar-refractivity contribution in [2.24, 2.45) is 0 Å². The molecule has 47 heavy (non-hydrogen) atoms. The molecule has 4 aromatic rings. The van der Waals surface area contributed by atoms with Crippen molar-refractivity contribution in [3.63, 3.8) is 0 Å².